The molecular weight excluding hydrogens is 470 g/mol. The van der Waals surface area contributed by atoms with Crippen LogP contribution in [0.2, 0.25) is 0 Å². The molecule has 2 aromatic rings. The highest BCUT2D eigenvalue weighted by Crippen LogP contribution is 2.38. The maximum atomic E-state index is 12.9. The van der Waals surface area contributed by atoms with Gasteiger partial charge in [0.05, 0.1) is 24.9 Å². The normalized spacial score (nSPS) is 21.2. The van der Waals surface area contributed by atoms with Gasteiger partial charge in [0.25, 0.3) is 5.91 Å². The lowest BCUT2D eigenvalue weighted by Gasteiger charge is -2.38. The van der Waals surface area contributed by atoms with Crippen LogP contribution in [0, 0.1) is 5.92 Å². The lowest BCUT2D eigenvalue weighted by molar-refractivity contribution is -0.121. The second kappa shape index (κ2) is 10.5. The van der Waals surface area contributed by atoms with E-state index in [2.05, 4.69) is 32.5 Å². The minimum atomic E-state index is -0.121. The Bertz CT molecular complexity index is 1160. The number of methoxy groups -OCH3 is 1. The monoisotopic (exact) mass is 507 g/mol. The van der Waals surface area contributed by atoms with Crippen molar-refractivity contribution >= 4 is 35.0 Å². The third-order valence-electron chi connectivity index (χ3n) is 7.89. The van der Waals surface area contributed by atoms with Gasteiger partial charge in [-0.3, -0.25) is 9.59 Å². The number of carbonyl (C=O) groups is 2. The van der Waals surface area contributed by atoms with Crippen LogP contribution in [0.1, 0.15) is 49.4 Å². The van der Waals surface area contributed by atoms with Crippen LogP contribution in [-0.4, -0.2) is 79.6 Å². The molecule has 0 spiro atoms. The molecule has 10 nitrogen and oxygen atoms in total. The SMILES string of the molecule is COc1cc(C(=O)NC2CCN(C)CC2)ccc1Nc1ncc2c(n1)N(C1CCC1)CC(C)C(=O)N2C. The Morgan fingerprint density at radius 1 is 1.14 bits per heavy atom. The van der Waals surface area contributed by atoms with E-state index in [4.69, 9.17) is 9.72 Å². The summed E-state index contributed by atoms with van der Waals surface area (Å²) in [6.45, 7) is 4.58. The van der Waals surface area contributed by atoms with E-state index in [0.29, 0.717) is 35.5 Å². The topological polar surface area (TPSA) is 103 Å². The summed E-state index contributed by atoms with van der Waals surface area (Å²) in [5.74, 6) is 1.58. The minimum absolute atomic E-state index is 0.0724. The summed E-state index contributed by atoms with van der Waals surface area (Å²) in [4.78, 5) is 41.3. The molecule has 37 heavy (non-hydrogen) atoms. The number of rotatable bonds is 6. The minimum Gasteiger partial charge on any atom is -0.495 e. The van der Waals surface area contributed by atoms with Crippen molar-refractivity contribution in [3.05, 3.63) is 30.0 Å². The van der Waals surface area contributed by atoms with Gasteiger partial charge in [0.1, 0.15) is 11.4 Å². The Morgan fingerprint density at radius 2 is 1.89 bits per heavy atom. The standard InChI is InChI=1S/C27H37N7O3/c1-17-16-34(20-6-5-7-20)24-22(33(3)26(17)36)15-28-27(31-24)30-21-9-8-18(14-23(21)37-4)25(35)29-19-10-12-32(2)13-11-19/h8-9,14-15,17,19-20H,5-7,10-13,16H2,1-4H3,(H,29,35)(H,28,30,31). The smallest absolute Gasteiger partial charge is 0.251 e. The van der Waals surface area contributed by atoms with Crippen LogP contribution in [0.25, 0.3) is 0 Å². The number of nitrogens with one attached hydrogen (secondary N) is 2. The predicted molar refractivity (Wildman–Crippen MR) is 144 cm³/mol. The molecule has 2 amide bonds. The Kier molecular flexibility index (Phi) is 7.19. The highest BCUT2D eigenvalue weighted by Gasteiger charge is 2.36. The number of carbonyl (C=O) groups excluding carboxylic acids is 2. The van der Waals surface area contributed by atoms with Crippen LogP contribution in [0.5, 0.6) is 5.75 Å². The Labute approximate surface area is 218 Å². The maximum Gasteiger partial charge on any atom is 0.251 e. The molecule has 2 fully saturated rings. The fourth-order valence-corrected chi connectivity index (χ4v) is 5.28. The van der Waals surface area contributed by atoms with E-state index in [0.717, 1.165) is 50.3 Å². The first-order valence-corrected chi connectivity index (χ1v) is 13.2. The fourth-order valence-electron chi connectivity index (χ4n) is 5.28. The van der Waals surface area contributed by atoms with Crippen LogP contribution < -0.4 is 25.2 Å². The molecule has 0 bridgehead atoms. The number of benzene rings is 1. The molecule has 1 saturated carbocycles. The van der Waals surface area contributed by atoms with Gasteiger partial charge in [0, 0.05) is 31.2 Å². The first kappa shape index (κ1) is 25.3. The summed E-state index contributed by atoms with van der Waals surface area (Å²) in [6, 6.07) is 5.92. The summed E-state index contributed by atoms with van der Waals surface area (Å²) in [7, 11) is 5.47. The molecule has 10 heteroatoms. The van der Waals surface area contributed by atoms with Gasteiger partial charge in [0.15, 0.2) is 5.82 Å². The number of hydrogen-bond acceptors (Lipinski definition) is 8. The van der Waals surface area contributed by atoms with Gasteiger partial charge in [-0.25, -0.2) is 4.98 Å². The molecule has 1 saturated heterocycles. The Morgan fingerprint density at radius 3 is 2.57 bits per heavy atom. The number of fused-ring (bicyclic) bond motifs is 1. The number of aromatic nitrogens is 2. The predicted octanol–water partition coefficient (Wildman–Crippen LogP) is 3.02. The van der Waals surface area contributed by atoms with Gasteiger partial charge in [-0.15, -0.1) is 0 Å². The van der Waals surface area contributed by atoms with Crippen LogP contribution >= 0.6 is 0 Å². The number of likely N-dealkylation sites (tertiary alicyclic amines) is 1. The van der Waals surface area contributed by atoms with Gasteiger partial charge in [-0.2, -0.15) is 4.98 Å². The van der Waals surface area contributed by atoms with Crippen LogP contribution in [0.3, 0.4) is 0 Å². The first-order valence-electron chi connectivity index (χ1n) is 13.2. The number of amides is 2. The molecule has 2 aliphatic heterocycles. The van der Waals surface area contributed by atoms with E-state index < -0.39 is 0 Å². The third-order valence-corrected chi connectivity index (χ3v) is 7.89. The van der Waals surface area contributed by atoms with Gasteiger partial charge >= 0.3 is 0 Å². The lowest BCUT2D eigenvalue weighted by atomic mass is 9.91. The molecule has 2 N–H and O–H groups in total. The summed E-state index contributed by atoms with van der Waals surface area (Å²) in [5.41, 5.74) is 1.94. The van der Waals surface area contributed by atoms with Crippen molar-refractivity contribution in [3.8, 4) is 5.75 Å². The van der Waals surface area contributed by atoms with E-state index in [-0.39, 0.29) is 23.8 Å². The van der Waals surface area contributed by atoms with E-state index in [9.17, 15) is 9.59 Å². The molecule has 3 heterocycles. The first-order chi connectivity index (χ1) is 17.8. The van der Waals surface area contributed by atoms with Crippen molar-refractivity contribution in [2.75, 3.05) is 56.0 Å². The Balaban J connectivity index is 1.36. The van der Waals surface area contributed by atoms with Gasteiger partial charge in [-0.1, -0.05) is 6.92 Å². The average molecular weight is 508 g/mol. The quantitative estimate of drug-likeness (QED) is 0.615. The van der Waals surface area contributed by atoms with Gasteiger partial charge in [0.2, 0.25) is 11.9 Å². The molecule has 198 valence electrons. The van der Waals surface area contributed by atoms with E-state index in [1.807, 2.05) is 13.0 Å². The highest BCUT2D eigenvalue weighted by molar-refractivity contribution is 5.99. The lowest BCUT2D eigenvalue weighted by Crippen LogP contribution is -2.43. The van der Waals surface area contributed by atoms with Crippen LogP contribution in [0.4, 0.5) is 23.1 Å². The highest BCUT2D eigenvalue weighted by atomic mass is 16.5. The maximum absolute atomic E-state index is 12.9. The second-order valence-corrected chi connectivity index (χ2v) is 10.5. The van der Waals surface area contributed by atoms with Gasteiger partial charge < -0.3 is 30.1 Å². The summed E-state index contributed by atoms with van der Waals surface area (Å²) in [6.07, 6.45) is 7.01. The zero-order chi connectivity index (χ0) is 26.1. The van der Waals surface area contributed by atoms with Crippen molar-refractivity contribution in [2.45, 2.75) is 51.1 Å². The van der Waals surface area contributed by atoms with E-state index in [1.54, 1.807) is 37.4 Å². The zero-order valence-electron chi connectivity index (χ0n) is 22.2. The molecular formula is C27H37N7O3. The number of hydrogen-bond donors (Lipinski definition) is 2. The van der Waals surface area contributed by atoms with E-state index >= 15 is 0 Å². The van der Waals surface area contributed by atoms with Crippen molar-refractivity contribution in [2.24, 2.45) is 5.92 Å². The number of anilines is 4. The Hall–Kier alpha value is -3.40. The molecule has 1 unspecified atom stereocenters. The van der Waals surface area contributed by atoms with Crippen molar-refractivity contribution < 1.29 is 14.3 Å². The third kappa shape index (κ3) is 5.20. The van der Waals surface area contributed by atoms with Crippen molar-refractivity contribution in [1.82, 2.24) is 20.2 Å². The van der Waals surface area contributed by atoms with Gasteiger partial charge in [-0.05, 0) is 70.4 Å². The average Bonchev–Trinajstić information content (AvgIpc) is 2.95. The molecule has 1 aromatic heterocycles. The second-order valence-electron chi connectivity index (χ2n) is 10.5. The molecule has 1 aliphatic carbocycles. The summed E-state index contributed by atoms with van der Waals surface area (Å²) < 4.78 is 5.61. The van der Waals surface area contributed by atoms with Crippen molar-refractivity contribution in [3.63, 3.8) is 0 Å². The summed E-state index contributed by atoms with van der Waals surface area (Å²) >= 11 is 0. The molecule has 3 aliphatic rings. The molecule has 5 rings (SSSR count). The number of piperidine rings is 1. The number of nitrogens with zero attached hydrogens (tertiary/aromatic N) is 5. The number of ether oxygens (including phenoxy) is 1. The molecule has 0 radical (unpaired) electrons. The molecule has 1 aromatic carbocycles. The van der Waals surface area contributed by atoms with Crippen molar-refractivity contribution in [1.29, 1.82) is 0 Å². The largest absolute Gasteiger partial charge is 0.495 e. The van der Waals surface area contributed by atoms with Crippen LogP contribution in [-0.2, 0) is 4.79 Å². The van der Waals surface area contributed by atoms with Crippen LogP contribution in [0.15, 0.2) is 24.4 Å². The molecule has 1 atom stereocenters. The zero-order valence-corrected chi connectivity index (χ0v) is 22.2. The fraction of sp³-hybridized carbons (Fsp3) is 0.556. The van der Waals surface area contributed by atoms with E-state index in [1.165, 1.54) is 6.42 Å². The summed E-state index contributed by atoms with van der Waals surface area (Å²) in [5, 5.41) is 6.41.